The molecule has 26 heavy (non-hydrogen) atoms. The summed E-state index contributed by atoms with van der Waals surface area (Å²) < 4.78 is 0. The molecule has 3 rings (SSSR count). The molecule has 2 heterocycles. The van der Waals surface area contributed by atoms with Crippen LogP contribution in [-0.2, 0) is 0 Å². The van der Waals surface area contributed by atoms with Crippen LogP contribution in [0.5, 0.6) is 0 Å². The third-order valence-electron chi connectivity index (χ3n) is 4.35. The van der Waals surface area contributed by atoms with Gasteiger partial charge in [0.25, 0.3) is 10.9 Å². The number of nitrogens with zero attached hydrogens (tertiary/aromatic N) is 3. The number of aromatic nitrogens is 1. The highest BCUT2D eigenvalue weighted by Crippen LogP contribution is 2.41. The van der Waals surface area contributed by atoms with Crippen LogP contribution in [0, 0.1) is 10.1 Å². The maximum Gasteiger partial charge on any atom is 0.269 e. The highest BCUT2D eigenvalue weighted by molar-refractivity contribution is 6.68. The molecule has 0 amide bonds. The second-order valence-electron chi connectivity index (χ2n) is 6.13. The minimum absolute atomic E-state index is 0.0225. The lowest BCUT2D eigenvalue weighted by Crippen LogP contribution is -2.16. The molecule has 0 N–H and O–H groups in total. The van der Waals surface area contributed by atoms with Gasteiger partial charge in [-0.3, -0.25) is 24.9 Å². The fourth-order valence-electron chi connectivity index (χ4n) is 3.30. The van der Waals surface area contributed by atoms with Crippen LogP contribution in [0.15, 0.2) is 53.3 Å². The van der Waals surface area contributed by atoms with Gasteiger partial charge in [0.1, 0.15) is 0 Å². The van der Waals surface area contributed by atoms with Crippen LogP contribution in [0.25, 0.3) is 5.57 Å². The molecule has 2 aromatic rings. The van der Waals surface area contributed by atoms with Crippen molar-refractivity contribution in [1.82, 2.24) is 4.98 Å². The molecule has 1 atom stereocenters. The normalized spacial score (nSPS) is 17.0. The van der Waals surface area contributed by atoms with Crippen molar-refractivity contribution in [3.05, 3.63) is 75.2 Å². The molecule has 1 aliphatic heterocycles. The molecule has 0 saturated carbocycles. The molecule has 1 aromatic heterocycles. The van der Waals surface area contributed by atoms with E-state index in [9.17, 15) is 14.9 Å². The van der Waals surface area contributed by atoms with Crippen LogP contribution in [0.1, 0.15) is 47.8 Å². The van der Waals surface area contributed by atoms with Crippen molar-refractivity contribution < 1.29 is 9.72 Å². The fraction of sp³-hybridized carbons (Fsp3) is 0.211. The second kappa shape index (κ2) is 7.17. The first-order valence-electron chi connectivity index (χ1n) is 8.03. The molecule has 0 spiro atoms. The number of non-ortho nitro benzene ring substituents is 1. The van der Waals surface area contributed by atoms with E-state index in [1.807, 2.05) is 19.9 Å². The lowest BCUT2D eigenvalue weighted by Gasteiger charge is -2.26. The number of carbonyl (C=O) groups is 1. The van der Waals surface area contributed by atoms with E-state index in [1.54, 1.807) is 30.5 Å². The van der Waals surface area contributed by atoms with E-state index in [1.165, 1.54) is 6.07 Å². The zero-order chi connectivity index (χ0) is 18.8. The van der Waals surface area contributed by atoms with Crippen LogP contribution < -0.4 is 0 Å². The number of carbonyl (C=O) groups excluding carboxylic acids is 1. The number of hydrogen-bond acceptors (Lipinski definition) is 5. The first kappa shape index (κ1) is 17.9. The van der Waals surface area contributed by atoms with Gasteiger partial charge in [0.05, 0.1) is 16.2 Å². The zero-order valence-corrected chi connectivity index (χ0v) is 15.0. The summed E-state index contributed by atoms with van der Waals surface area (Å²) in [5.74, 6) is -0.197. The van der Waals surface area contributed by atoms with E-state index < -0.39 is 10.2 Å². The van der Waals surface area contributed by atoms with Crippen LogP contribution in [0.3, 0.4) is 0 Å². The molecule has 1 aromatic carbocycles. The van der Waals surface area contributed by atoms with Gasteiger partial charge in [-0.1, -0.05) is 12.1 Å². The molecule has 0 aliphatic carbocycles. The number of benzene rings is 1. The molecule has 7 heteroatoms. The lowest BCUT2D eigenvalue weighted by atomic mass is 9.81. The summed E-state index contributed by atoms with van der Waals surface area (Å²) in [6.45, 7) is 3.76. The van der Waals surface area contributed by atoms with Gasteiger partial charge < -0.3 is 0 Å². The minimum Gasteiger partial charge on any atom is -0.276 e. The van der Waals surface area contributed by atoms with Crippen molar-refractivity contribution in [2.24, 2.45) is 4.99 Å². The Balaban J connectivity index is 2.20. The van der Waals surface area contributed by atoms with Crippen molar-refractivity contribution >= 4 is 33.8 Å². The van der Waals surface area contributed by atoms with Gasteiger partial charge in [0.15, 0.2) is 0 Å². The number of aliphatic imine (C=N–C) groups is 1. The Bertz CT molecular complexity index is 966. The van der Waals surface area contributed by atoms with Crippen LogP contribution in [0.4, 0.5) is 5.69 Å². The summed E-state index contributed by atoms with van der Waals surface area (Å²) in [5, 5.41) is 10.6. The van der Waals surface area contributed by atoms with E-state index in [0.717, 1.165) is 22.5 Å². The standard InChI is InChI=1S/C19H16ClN3O3/c1-11-9-16(13-5-3-6-14(10-13)23(25)26)17(12(2)22-11)18-15(19(20)24)7-4-8-21-18/h3-8,10,16H,9H2,1-2H3. The molecule has 1 aliphatic rings. The third-order valence-corrected chi connectivity index (χ3v) is 4.56. The van der Waals surface area contributed by atoms with Gasteiger partial charge in [-0.15, -0.1) is 0 Å². The average molecular weight is 370 g/mol. The molecule has 132 valence electrons. The Morgan fingerprint density at radius 2 is 2.04 bits per heavy atom. The highest BCUT2D eigenvalue weighted by Gasteiger charge is 2.29. The summed E-state index contributed by atoms with van der Waals surface area (Å²) in [6, 6.07) is 9.78. The van der Waals surface area contributed by atoms with Crippen molar-refractivity contribution in [3.63, 3.8) is 0 Å². The number of nitro benzene ring substituents is 1. The van der Waals surface area contributed by atoms with Crippen molar-refractivity contribution in [2.75, 3.05) is 0 Å². The molecule has 6 nitrogen and oxygen atoms in total. The Morgan fingerprint density at radius 1 is 1.27 bits per heavy atom. The Hall–Kier alpha value is -2.86. The van der Waals surface area contributed by atoms with Gasteiger partial charge in [0, 0.05) is 41.2 Å². The average Bonchev–Trinajstić information content (AvgIpc) is 2.61. The number of nitro groups is 1. The molecule has 0 radical (unpaired) electrons. The Kier molecular flexibility index (Phi) is 4.95. The zero-order valence-electron chi connectivity index (χ0n) is 14.3. The summed E-state index contributed by atoms with van der Waals surface area (Å²) in [5.41, 5.74) is 3.98. The Morgan fingerprint density at radius 3 is 2.73 bits per heavy atom. The van der Waals surface area contributed by atoms with Crippen LogP contribution in [-0.4, -0.2) is 20.9 Å². The largest absolute Gasteiger partial charge is 0.276 e. The summed E-state index contributed by atoms with van der Waals surface area (Å²) in [6.07, 6.45) is 2.18. The number of halogens is 1. The van der Waals surface area contributed by atoms with E-state index in [2.05, 4.69) is 9.98 Å². The quantitative estimate of drug-likeness (QED) is 0.442. The lowest BCUT2D eigenvalue weighted by molar-refractivity contribution is -0.384. The maximum absolute atomic E-state index is 11.8. The van der Waals surface area contributed by atoms with Gasteiger partial charge in [-0.2, -0.15) is 0 Å². The smallest absolute Gasteiger partial charge is 0.269 e. The summed E-state index contributed by atoms with van der Waals surface area (Å²) in [4.78, 5) is 31.5. The monoisotopic (exact) mass is 369 g/mol. The first-order valence-corrected chi connectivity index (χ1v) is 8.40. The van der Waals surface area contributed by atoms with Crippen LogP contribution in [0.2, 0.25) is 0 Å². The molecule has 0 bridgehead atoms. The summed E-state index contributed by atoms with van der Waals surface area (Å²) in [7, 11) is 0. The van der Waals surface area contributed by atoms with Crippen molar-refractivity contribution in [3.8, 4) is 0 Å². The molecular formula is C19H16ClN3O3. The minimum atomic E-state index is -0.600. The molecule has 1 unspecified atom stereocenters. The van der Waals surface area contributed by atoms with Crippen molar-refractivity contribution in [2.45, 2.75) is 26.2 Å². The SMILES string of the molecule is CC1=NC(C)=C(c2ncccc2C(=O)Cl)C(c2cccc([N+](=O)[O-])c2)C1. The summed E-state index contributed by atoms with van der Waals surface area (Å²) >= 11 is 5.74. The molecule has 0 saturated heterocycles. The van der Waals surface area contributed by atoms with E-state index >= 15 is 0 Å². The Labute approximate surface area is 155 Å². The fourth-order valence-corrected chi connectivity index (χ4v) is 3.45. The topological polar surface area (TPSA) is 85.5 Å². The predicted molar refractivity (Wildman–Crippen MR) is 101 cm³/mol. The van der Waals surface area contributed by atoms with Gasteiger partial charge in [-0.05, 0) is 49.6 Å². The number of hydrogen-bond donors (Lipinski definition) is 0. The maximum atomic E-state index is 11.8. The van der Waals surface area contributed by atoms with E-state index in [0.29, 0.717) is 17.7 Å². The van der Waals surface area contributed by atoms with Crippen molar-refractivity contribution in [1.29, 1.82) is 0 Å². The predicted octanol–water partition coefficient (Wildman–Crippen LogP) is 4.75. The number of allylic oxidation sites excluding steroid dienone is 2. The number of rotatable bonds is 4. The second-order valence-corrected chi connectivity index (χ2v) is 6.47. The van der Waals surface area contributed by atoms with Gasteiger partial charge in [0.2, 0.25) is 0 Å². The van der Waals surface area contributed by atoms with Gasteiger partial charge >= 0.3 is 0 Å². The number of pyridine rings is 1. The molecule has 0 fully saturated rings. The highest BCUT2D eigenvalue weighted by atomic mass is 35.5. The molecular weight excluding hydrogens is 354 g/mol. The third kappa shape index (κ3) is 3.41. The van der Waals surface area contributed by atoms with E-state index in [-0.39, 0.29) is 11.6 Å². The van der Waals surface area contributed by atoms with E-state index in [4.69, 9.17) is 11.6 Å². The van der Waals surface area contributed by atoms with Gasteiger partial charge in [-0.25, -0.2) is 0 Å². The van der Waals surface area contributed by atoms with Crippen LogP contribution >= 0.6 is 11.6 Å². The first-order chi connectivity index (χ1) is 12.4.